The lowest BCUT2D eigenvalue weighted by Crippen LogP contribution is -2.40. The normalized spacial score (nSPS) is 17.0. The van der Waals surface area contributed by atoms with Gasteiger partial charge < -0.3 is 15.6 Å². The van der Waals surface area contributed by atoms with Crippen LogP contribution in [0.15, 0.2) is 34.1 Å². The second-order valence-electron chi connectivity index (χ2n) is 6.96. The molecule has 4 rings (SSSR count). The number of aryl methyl sites for hydroxylation is 1. The molecular weight excluding hydrogens is 407 g/mol. The number of hydrogen-bond donors (Lipinski definition) is 2. The molecule has 0 spiro atoms. The highest BCUT2D eigenvalue weighted by molar-refractivity contribution is 7.92. The summed E-state index contributed by atoms with van der Waals surface area (Å²) in [5.74, 6) is -3.33. The van der Waals surface area contributed by atoms with E-state index in [1.54, 1.807) is 11.8 Å². The average molecular weight is 425 g/mol. The molecule has 0 radical (unpaired) electrons. The summed E-state index contributed by atoms with van der Waals surface area (Å²) in [6.07, 6.45) is -0.678. The Bertz CT molecular complexity index is 1200. The first-order valence-electron chi connectivity index (χ1n) is 8.88. The van der Waals surface area contributed by atoms with Gasteiger partial charge in [-0.1, -0.05) is 12.1 Å². The van der Waals surface area contributed by atoms with E-state index in [4.69, 9.17) is 5.73 Å². The van der Waals surface area contributed by atoms with Crippen LogP contribution < -0.4 is 10.6 Å². The first-order chi connectivity index (χ1) is 13.6. The molecule has 1 saturated heterocycles. The molecule has 0 amide bonds. The Morgan fingerprint density at radius 2 is 1.83 bits per heavy atom. The van der Waals surface area contributed by atoms with Crippen LogP contribution in [-0.2, 0) is 9.84 Å². The quantitative estimate of drug-likeness (QED) is 0.668. The van der Waals surface area contributed by atoms with Crippen molar-refractivity contribution in [2.75, 3.05) is 23.7 Å². The number of hydrogen-bond acceptors (Lipinski definition) is 6. The lowest BCUT2D eigenvalue weighted by atomic mass is 10.1. The molecule has 154 valence electrons. The second kappa shape index (κ2) is 6.61. The van der Waals surface area contributed by atoms with Crippen molar-refractivity contribution < 1.29 is 21.6 Å². The maximum Gasteiger partial charge on any atom is 0.251 e. The van der Waals surface area contributed by atoms with Crippen LogP contribution in [0.1, 0.15) is 18.7 Å². The molecule has 7 nitrogen and oxygen atoms in total. The van der Waals surface area contributed by atoms with Gasteiger partial charge in [-0.15, -0.1) is 0 Å². The molecule has 1 aliphatic rings. The number of sulfone groups is 1. The first kappa shape index (κ1) is 19.5. The Hall–Kier alpha value is -2.82. The Kier molecular flexibility index (Phi) is 4.45. The molecule has 3 heterocycles. The number of H-pyrrole nitrogens is 1. The third kappa shape index (κ3) is 3.28. The summed E-state index contributed by atoms with van der Waals surface area (Å²) in [5.41, 5.74) is 6.18. The SMILES string of the molecule is Cc1nc(N2CCC(F)(F)CC2)c2[nH]c(N)c(S(=O)(=O)c3ccccc3F)c2n1. The fourth-order valence-electron chi connectivity index (χ4n) is 3.48. The molecule has 1 fully saturated rings. The Labute approximate surface area is 164 Å². The van der Waals surface area contributed by atoms with E-state index < -0.39 is 26.5 Å². The fraction of sp³-hybridized carbons (Fsp3) is 0.333. The number of halogens is 3. The fourth-order valence-corrected chi connectivity index (χ4v) is 5.02. The van der Waals surface area contributed by atoms with Crippen molar-refractivity contribution in [2.45, 2.75) is 35.5 Å². The number of nitrogen functional groups attached to an aromatic ring is 1. The zero-order chi connectivity index (χ0) is 21.0. The van der Waals surface area contributed by atoms with Gasteiger partial charge in [-0.2, -0.15) is 0 Å². The van der Waals surface area contributed by atoms with Gasteiger partial charge in [0, 0.05) is 25.9 Å². The molecule has 0 unspecified atom stereocenters. The number of nitrogens with one attached hydrogen (secondary N) is 1. The summed E-state index contributed by atoms with van der Waals surface area (Å²) in [6.45, 7) is 1.66. The molecular formula is C18H18F3N5O2S. The standard InChI is InChI=1S/C18H18F3N5O2S/c1-10-23-13-14(17(24-10)26-8-6-18(20,21)7-9-26)25-16(22)15(13)29(27,28)12-5-3-2-4-11(12)19/h2-5,25H,6-9,22H2,1H3. The number of aromatic nitrogens is 3. The predicted molar refractivity (Wildman–Crippen MR) is 101 cm³/mol. The van der Waals surface area contributed by atoms with Gasteiger partial charge in [0.2, 0.25) is 9.84 Å². The minimum Gasteiger partial charge on any atom is -0.384 e. The molecule has 29 heavy (non-hydrogen) atoms. The van der Waals surface area contributed by atoms with Gasteiger partial charge in [0.15, 0.2) is 5.82 Å². The third-order valence-corrected chi connectivity index (χ3v) is 6.77. The largest absolute Gasteiger partial charge is 0.384 e. The molecule has 0 bridgehead atoms. The van der Waals surface area contributed by atoms with E-state index in [2.05, 4.69) is 15.0 Å². The van der Waals surface area contributed by atoms with Gasteiger partial charge in [-0.25, -0.2) is 31.6 Å². The Morgan fingerprint density at radius 3 is 2.48 bits per heavy atom. The molecule has 1 aromatic carbocycles. The van der Waals surface area contributed by atoms with Gasteiger partial charge >= 0.3 is 0 Å². The zero-order valence-electron chi connectivity index (χ0n) is 15.4. The topological polar surface area (TPSA) is 105 Å². The zero-order valence-corrected chi connectivity index (χ0v) is 16.2. The van der Waals surface area contributed by atoms with Gasteiger partial charge in [0.1, 0.15) is 38.3 Å². The number of piperidine rings is 1. The van der Waals surface area contributed by atoms with Crippen LogP contribution in [0.25, 0.3) is 11.0 Å². The van der Waals surface area contributed by atoms with Crippen LogP contribution in [0.3, 0.4) is 0 Å². The van der Waals surface area contributed by atoms with Crippen molar-refractivity contribution in [1.82, 2.24) is 15.0 Å². The number of benzene rings is 1. The van der Waals surface area contributed by atoms with Crippen LogP contribution in [0.5, 0.6) is 0 Å². The maximum absolute atomic E-state index is 14.2. The van der Waals surface area contributed by atoms with E-state index in [-0.39, 0.29) is 53.5 Å². The highest BCUT2D eigenvalue weighted by Crippen LogP contribution is 2.38. The minimum atomic E-state index is -4.33. The monoisotopic (exact) mass is 425 g/mol. The van der Waals surface area contributed by atoms with Crippen molar-refractivity contribution in [3.05, 3.63) is 35.9 Å². The number of nitrogens with zero attached hydrogens (tertiary/aromatic N) is 3. The van der Waals surface area contributed by atoms with Crippen LogP contribution >= 0.6 is 0 Å². The lowest BCUT2D eigenvalue weighted by Gasteiger charge is -2.32. The summed E-state index contributed by atoms with van der Waals surface area (Å²) in [4.78, 5) is 12.0. The number of fused-ring (bicyclic) bond motifs is 1. The van der Waals surface area contributed by atoms with Gasteiger partial charge in [-0.05, 0) is 19.1 Å². The van der Waals surface area contributed by atoms with Gasteiger partial charge in [0.05, 0.1) is 0 Å². The molecule has 11 heteroatoms. The van der Waals surface area contributed by atoms with E-state index in [0.717, 1.165) is 12.1 Å². The summed E-state index contributed by atoms with van der Waals surface area (Å²) in [5, 5.41) is 0. The van der Waals surface area contributed by atoms with E-state index in [9.17, 15) is 21.6 Å². The van der Waals surface area contributed by atoms with Crippen LogP contribution in [-0.4, -0.2) is 42.4 Å². The molecule has 2 aromatic heterocycles. The summed E-state index contributed by atoms with van der Waals surface area (Å²) < 4.78 is 67.5. The average Bonchev–Trinajstić information content (AvgIpc) is 2.97. The van der Waals surface area contributed by atoms with Crippen molar-refractivity contribution in [1.29, 1.82) is 0 Å². The van der Waals surface area contributed by atoms with Crippen molar-refractivity contribution in [2.24, 2.45) is 0 Å². The third-order valence-electron chi connectivity index (χ3n) is 4.91. The molecule has 0 saturated carbocycles. The van der Waals surface area contributed by atoms with E-state index in [1.807, 2.05) is 0 Å². The highest BCUT2D eigenvalue weighted by Gasteiger charge is 2.36. The number of nitrogens with two attached hydrogens (primary N) is 1. The van der Waals surface area contributed by atoms with E-state index in [1.165, 1.54) is 12.1 Å². The van der Waals surface area contributed by atoms with Crippen LogP contribution in [0.2, 0.25) is 0 Å². The van der Waals surface area contributed by atoms with E-state index >= 15 is 0 Å². The summed E-state index contributed by atoms with van der Waals surface area (Å²) >= 11 is 0. The predicted octanol–water partition coefficient (Wildman–Crippen LogP) is 3.06. The maximum atomic E-state index is 14.2. The summed E-state index contributed by atoms with van der Waals surface area (Å²) in [7, 11) is -4.33. The Balaban J connectivity index is 1.89. The Morgan fingerprint density at radius 1 is 1.17 bits per heavy atom. The van der Waals surface area contributed by atoms with Crippen LogP contribution in [0.4, 0.5) is 24.8 Å². The minimum absolute atomic E-state index is 0.00517. The molecule has 0 aliphatic carbocycles. The number of aromatic amines is 1. The molecule has 3 N–H and O–H groups in total. The second-order valence-corrected chi connectivity index (χ2v) is 8.82. The first-order valence-corrected chi connectivity index (χ1v) is 10.4. The number of rotatable bonds is 3. The van der Waals surface area contributed by atoms with Gasteiger partial charge in [-0.3, -0.25) is 0 Å². The number of anilines is 2. The van der Waals surface area contributed by atoms with Crippen LogP contribution in [0, 0.1) is 12.7 Å². The van der Waals surface area contributed by atoms with E-state index in [0.29, 0.717) is 5.82 Å². The van der Waals surface area contributed by atoms with Crippen molar-refractivity contribution in [3.8, 4) is 0 Å². The smallest absolute Gasteiger partial charge is 0.251 e. The van der Waals surface area contributed by atoms with Crippen molar-refractivity contribution >= 4 is 32.5 Å². The lowest BCUT2D eigenvalue weighted by molar-refractivity contribution is -0.0221. The summed E-state index contributed by atoms with van der Waals surface area (Å²) in [6, 6.07) is 4.96. The molecule has 3 aromatic rings. The molecule has 0 atom stereocenters. The highest BCUT2D eigenvalue weighted by atomic mass is 32.2. The molecule has 1 aliphatic heterocycles. The number of alkyl halides is 2. The van der Waals surface area contributed by atoms with Gasteiger partial charge in [0.25, 0.3) is 5.92 Å². The van der Waals surface area contributed by atoms with Crippen molar-refractivity contribution in [3.63, 3.8) is 0 Å².